The van der Waals surface area contributed by atoms with Crippen LogP contribution in [0.1, 0.15) is 0 Å². The lowest BCUT2D eigenvalue weighted by Gasteiger charge is -2.17. The second kappa shape index (κ2) is 14.8. The molecule has 1 N–H and O–H groups in total. The fourth-order valence-electron chi connectivity index (χ4n) is 9.22. The van der Waals surface area contributed by atoms with Crippen molar-refractivity contribution in [2.45, 2.75) is 0 Å². The topological polar surface area (TPSA) is 67.7 Å². The maximum atomic E-state index is 10.2. The van der Waals surface area contributed by atoms with Crippen LogP contribution < -0.4 is 0 Å². The lowest BCUT2D eigenvalue weighted by molar-refractivity contribution is 0.475. The summed E-state index contributed by atoms with van der Waals surface area (Å²) >= 11 is 0. The number of benzene rings is 7. The van der Waals surface area contributed by atoms with Gasteiger partial charge in [-0.05, 0) is 111 Å². The Balaban J connectivity index is 1.06. The van der Waals surface area contributed by atoms with Crippen LogP contribution in [0.2, 0.25) is 0 Å². The normalized spacial score (nSPS) is 11.6. The summed E-state index contributed by atoms with van der Waals surface area (Å²) < 4.78 is 4.10. The van der Waals surface area contributed by atoms with Gasteiger partial charge in [-0.25, -0.2) is 9.03 Å². The van der Waals surface area contributed by atoms with E-state index < -0.39 is 0 Å². The van der Waals surface area contributed by atoms with E-state index in [0.29, 0.717) is 0 Å². The molecule has 296 valence electrons. The molecule has 0 amide bonds. The highest BCUT2D eigenvalue weighted by Crippen LogP contribution is 2.43. The van der Waals surface area contributed by atoms with E-state index in [1.807, 2.05) is 36.8 Å². The molecule has 0 saturated carbocycles. The van der Waals surface area contributed by atoms with Gasteiger partial charge in [-0.15, -0.1) is 0 Å². The van der Waals surface area contributed by atoms with Crippen LogP contribution in [0.15, 0.2) is 219 Å². The Morgan fingerprint density at radius 2 is 0.762 bits per heavy atom. The number of fused-ring (bicyclic) bond motifs is 6. The van der Waals surface area contributed by atoms with E-state index >= 15 is 0 Å². The molecule has 5 heterocycles. The van der Waals surface area contributed by atoms with E-state index in [-0.39, 0.29) is 5.75 Å². The Morgan fingerprint density at radius 3 is 1.25 bits per heavy atom. The van der Waals surface area contributed by atoms with Crippen molar-refractivity contribution in [3.05, 3.63) is 219 Å². The maximum absolute atomic E-state index is 10.2. The summed E-state index contributed by atoms with van der Waals surface area (Å²) in [6, 6.07) is 69.7. The summed E-state index contributed by atoms with van der Waals surface area (Å²) in [4.78, 5) is 4.87. The van der Waals surface area contributed by atoms with Crippen LogP contribution in [0.5, 0.6) is 5.75 Å². The zero-order valence-corrected chi connectivity index (χ0v) is 34.0. The van der Waals surface area contributed by atoms with Gasteiger partial charge in [-0.3, -0.25) is 4.98 Å². The first kappa shape index (κ1) is 36.3. The smallest absolute Gasteiger partial charge is 0.116 e. The van der Waals surface area contributed by atoms with Gasteiger partial charge in [-0.1, -0.05) is 140 Å². The molecular formula is C57H37N5O. The molecule has 12 aromatic rings. The van der Waals surface area contributed by atoms with Crippen molar-refractivity contribution in [2.75, 3.05) is 0 Å². The summed E-state index contributed by atoms with van der Waals surface area (Å²) in [7, 11) is 0. The van der Waals surface area contributed by atoms with Crippen molar-refractivity contribution in [2.24, 2.45) is 0 Å². The molecule has 0 radical (unpaired) electrons. The van der Waals surface area contributed by atoms with Crippen LogP contribution in [0.25, 0.3) is 111 Å². The molecule has 0 aliphatic heterocycles. The highest BCUT2D eigenvalue weighted by atomic mass is 16.3. The highest BCUT2D eigenvalue weighted by molar-refractivity contribution is 5.99. The van der Waals surface area contributed by atoms with Crippen molar-refractivity contribution >= 4 is 32.8 Å². The van der Waals surface area contributed by atoms with E-state index in [4.69, 9.17) is 15.2 Å². The van der Waals surface area contributed by atoms with Gasteiger partial charge in [-0.2, -0.15) is 10.2 Å². The molecule has 6 nitrogen and oxygen atoms in total. The van der Waals surface area contributed by atoms with Crippen molar-refractivity contribution in [1.82, 2.24) is 24.2 Å². The number of pyridine rings is 3. The number of aromatic nitrogens is 5. The van der Waals surface area contributed by atoms with Gasteiger partial charge in [0.05, 0.1) is 40.2 Å². The number of rotatable bonds is 7. The fourth-order valence-corrected chi connectivity index (χ4v) is 9.22. The Labute approximate surface area is 363 Å². The molecule has 0 aliphatic carbocycles. The van der Waals surface area contributed by atoms with Crippen molar-refractivity contribution in [1.29, 1.82) is 0 Å². The first-order chi connectivity index (χ1) is 31.1. The molecule has 6 heteroatoms. The summed E-state index contributed by atoms with van der Waals surface area (Å²) in [5.41, 5.74) is 18.9. The van der Waals surface area contributed by atoms with Gasteiger partial charge in [0, 0.05) is 39.2 Å². The van der Waals surface area contributed by atoms with Crippen LogP contribution >= 0.6 is 0 Å². The van der Waals surface area contributed by atoms with Gasteiger partial charge in [0.15, 0.2) is 0 Å². The van der Waals surface area contributed by atoms with Crippen LogP contribution in [0, 0.1) is 0 Å². The summed E-state index contributed by atoms with van der Waals surface area (Å²) in [5.74, 6) is 0.215. The quantitative estimate of drug-likeness (QED) is 0.174. The predicted octanol–water partition coefficient (Wildman–Crippen LogP) is 14.1. The van der Waals surface area contributed by atoms with E-state index in [0.717, 1.165) is 111 Å². The average molecular weight is 808 g/mol. The maximum Gasteiger partial charge on any atom is 0.116 e. The van der Waals surface area contributed by atoms with Gasteiger partial charge < -0.3 is 5.11 Å². The van der Waals surface area contributed by atoms with Crippen LogP contribution in [-0.4, -0.2) is 29.3 Å². The number of aromatic hydroxyl groups is 1. The highest BCUT2D eigenvalue weighted by Gasteiger charge is 2.19. The third-order valence-corrected chi connectivity index (χ3v) is 12.2. The number of hydrogen-bond acceptors (Lipinski definition) is 4. The number of nitrogens with zero attached hydrogens (tertiary/aromatic N) is 5. The minimum atomic E-state index is 0.215. The molecule has 7 aromatic carbocycles. The van der Waals surface area contributed by atoms with Crippen molar-refractivity contribution in [3.8, 4) is 83.8 Å². The standard InChI is InChI=1S/C57H37N5O/c63-44-15-11-14-39(33-44)53-27-24-40(34-58-53)45-16-3-4-17-46(45)41-30-42(47-18-5-7-20-49(47)51-35-59-61-54-22-9-1-12-37(54)25-28-56(51)61)32-43(31-41)48-19-6-8-21-50(48)52-36-60-62-55-23-10-2-13-38(55)26-29-57(52)62/h1-36,63H. The molecular weight excluding hydrogens is 771 g/mol. The van der Waals surface area contributed by atoms with Crippen LogP contribution in [0.3, 0.4) is 0 Å². The van der Waals surface area contributed by atoms with E-state index in [2.05, 4.69) is 179 Å². The van der Waals surface area contributed by atoms with E-state index in [1.165, 1.54) is 0 Å². The lowest BCUT2D eigenvalue weighted by Crippen LogP contribution is -1.93. The largest absolute Gasteiger partial charge is 0.508 e. The molecule has 0 bridgehead atoms. The average Bonchev–Trinajstić information content (AvgIpc) is 4.00. The summed E-state index contributed by atoms with van der Waals surface area (Å²) in [6.45, 7) is 0. The lowest BCUT2D eigenvalue weighted by atomic mass is 9.86. The molecule has 0 fully saturated rings. The first-order valence-corrected chi connectivity index (χ1v) is 21.1. The SMILES string of the molecule is Oc1cccc(-c2ccc(-c3ccccc3-c3cc(-c4ccccc4-c4cnn5c4ccc4ccccc45)cc(-c4ccccc4-c4cnn5c4ccc4ccccc45)c3)cn2)c1. The molecule has 0 saturated heterocycles. The van der Waals surface area contributed by atoms with Crippen LogP contribution in [-0.2, 0) is 0 Å². The van der Waals surface area contributed by atoms with E-state index in [9.17, 15) is 5.11 Å². The van der Waals surface area contributed by atoms with Gasteiger partial charge in [0.2, 0.25) is 0 Å². The minimum Gasteiger partial charge on any atom is -0.508 e. The molecule has 0 spiro atoms. The van der Waals surface area contributed by atoms with Crippen molar-refractivity contribution in [3.63, 3.8) is 0 Å². The summed E-state index contributed by atoms with van der Waals surface area (Å²) in [5, 5.41) is 22.3. The predicted molar refractivity (Wildman–Crippen MR) is 256 cm³/mol. The van der Waals surface area contributed by atoms with Gasteiger partial charge in [0.1, 0.15) is 5.75 Å². The third-order valence-electron chi connectivity index (χ3n) is 12.2. The second-order valence-corrected chi connectivity index (χ2v) is 15.9. The van der Waals surface area contributed by atoms with Gasteiger partial charge >= 0.3 is 0 Å². The Morgan fingerprint density at radius 1 is 0.302 bits per heavy atom. The Hall–Kier alpha value is -8.61. The number of para-hydroxylation sites is 2. The van der Waals surface area contributed by atoms with Crippen LogP contribution in [0.4, 0.5) is 0 Å². The van der Waals surface area contributed by atoms with Gasteiger partial charge in [0.25, 0.3) is 0 Å². The zero-order valence-electron chi connectivity index (χ0n) is 34.0. The summed E-state index contributed by atoms with van der Waals surface area (Å²) in [6.07, 6.45) is 5.92. The zero-order chi connectivity index (χ0) is 41.9. The molecule has 12 rings (SSSR count). The Kier molecular flexibility index (Phi) is 8.54. The molecule has 0 unspecified atom stereocenters. The third kappa shape index (κ3) is 6.23. The number of phenolic OH excluding ortho intramolecular Hbond substituents is 1. The first-order valence-electron chi connectivity index (χ1n) is 21.1. The number of phenols is 1. The second-order valence-electron chi connectivity index (χ2n) is 15.9. The molecule has 63 heavy (non-hydrogen) atoms. The monoisotopic (exact) mass is 807 g/mol. The number of hydrogen-bond donors (Lipinski definition) is 1. The molecule has 0 atom stereocenters. The molecule has 0 aliphatic rings. The Bertz CT molecular complexity index is 3540. The van der Waals surface area contributed by atoms with E-state index in [1.54, 1.807) is 12.1 Å². The van der Waals surface area contributed by atoms with Crippen molar-refractivity contribution < 1.29 is 5.11 Å². The fraction of sp³-hybridized carbons (Fsp3) is 0. The minimum absolute atomic E-state index is 0.215. The molecule has 5 aromatic heterocycles.